The average Bonchev–Trinajstić information content (AvgIpc) is 3.18. The average molecular weight is 301 g/mol. The first-order valence-electron chi connectivity index (χ1n) is 6.43. The van der Waals surface area contributed by atoms with Crippen molar-refractivity contribution in [1.82, 2.24) is 5.32 Å². The van der Waals surface area contributed by atoms with E-state index in [1.54, 1.807) is 30.3 Å². The first kappa shape index (κ1) is 15.3. The third-order valence-electron chi connectivity index (χ3n) is 3.44. The number of alkyl halides is 3. The van der Waals surface area contributed by atoms with Crippen LogP contribution in [-0.2, 0) is 16.0 Å². The van der Waals surface area contributed by atoms with Gasteiger partial charge in [0.1, 0.15) is 6.04 Å². The van der Waals surface area contributed by atoms with Crippen molar-refractivity contribution in [2.45, 2.75) is 25.1 Å². The molecule has 7 heteroatoms. The topological polar surface area (TPSA) is 66.4 Å². The number of benzene rings is 1. The van der Waals surface area contributed by atoms with Gasteiger partial charge in [0.15, 0.2) is 0 Å². The Morgan fingerprint density at radius 3 is 2.33 bits per heavy atom. The Hall–Kier alpha value is -2.05. The van der Waals surface area contributed by atoms with E-state index < -0.39 is 35.9 Å². The molecule has 1 saturated carbocycles. The van der Waals surface area contributed by atoms with Crippen molar-refractivity contribution in [3.63, 3.8) is 0 Å². The lowest BCUT2D eigenvalue weighted by molar-refractivity contribution is -0.162. The molecule has 0 spiro atoms. The van der Waals surface area contributed by atoms with Gasteiger partial charge in [-0.1, -0.05) is 30.3 Å². The normalized spacial score (nSPS) is 22.4. The van der Waals surface area contributed by atoms with Crippen molar-refractivity contribution in [3.05, 3.63) is 35.9 Å². The van der Waals surface area contributed by atoms with Gasteiger partial charge < -0.3 is 10.4 Å². The van der Waals surface area contributed by atoms with Gasteiger partial charge in [-0.2, -0.15) is 13.2 Å². The largest absolute Gasteiger partial charge is 0.481 e. The monoisotopic (exact) mass is 301 g/mol. The molecule has 1 amide bonds. The van der Waals surface area contributed by atoms with E-state index in [0.29, 0.717) is 5.56 Å². The zero-order valence-corrected chi connectivity index (χ0v) is 10.9. The molecule has 21 heavy (non-hydrogen) atoms. The van der Waals surface area contributed by atoms with Crippen LogP contribution in [0.4, 0.5) is 13.2 Å². The van der Waals surface area contributed by atoms with Crippen LogP contribution < -0.4 is 5.32 Å². The predicted octanol–water partition coefficient (Wildman–Crippen LogP) is 2.00. The van der Waals surface area contributed by atoms with Gasteiger partial charge in [-0.05, 0) is 12.0 Å². The minimum absolute atomic E-state index is 0.0943. The molecular weight excluding hydrogens is 287 g/mol. The Morgan fingerprint density at radius 2 is 1.86 bits per heavy atom. The number of carboxylic acids is 1. The fourth-order valence-corrected chi connectivity index (χ4v) is 2.13. The number of hydrogen-bond donors (Lipinski definition) is 2. The van der Waals surface area contributed by atoms with E-state index in [1.165, 1.54) is 0 Å². The first-order valence-corrected chi connectivity index (χ1v) is 6.43. The minimum Gasteiger partial charge on any atom is -0.481 e. The highest BCUT2D eigenvalue weighted by molar-refractivity contribution is 5.89. The molecular formula is C14H14F3NO3. The molecule has 0 heterocycles. The van der Waals surface area contributed by atoms with E-state index in [-0.39, 0.29) is 12.8 Å². The molecule has 1 aromatic rings. The predicted molar refractivity (Wildman–Crippen MR) is 67.4 cm³/mol. The summed E-state index contributed by atoms with van der Waals surface area (Å²) < 4.78 is 38.9. The summed E-state index contributed by atoms with van der Waals surface area (Å²) in [5.74, 6) is -3.72. The molecule has 3 atom stereocenters. The van der Waals surface area contributed by atoms with E-state index in [9.17, 15) is 22.8 Å². The second-order valence-electron chi connectivity index (χ2n) is 5.08. The Labute approximate surface area is 119 Å². The zero-order chi connectivity index (χ0) is 15.6. The smallest absolute Gasteiger partial charge is 0.408 e. The lowest BCUT2D eigenvalue weighted by atomic mass is 10.1. The van der Waals surface area contributed by atoms with Gasteiger partial charge in [0.25, 0.3) is 0 Å². The Balaban J connectivity index is 2.01. The Kier molecular flexibility index (Phi) is 4.20. The van der Waals surface area contributed by atoms with E-state index in [4.69, 9.17) is 5.11 Å². The molecule has 2 N–H and O–H groups in total. The summed E-state index contributed by atoms with van der Waals surface area (Å²) in [5.41, 5.74) is 0.450. The van der Waals surface area contributed by atoms with Gasteiger partial charge in [-0.25, -0.2) is 0 Å². The molecule has 1 aliphatic rings. The van der Waals surface area contributed by atoms with E-state index in [0.717, 1.165) is 0 Å². The maximum Gasteiger partial charge on any atom is 0.408 e. The van der Waals surface area contributed by atoms with Gasteiger partial charge in [0, 0.05) is 6.42 Å². The van der Waals surface area contributed by atoms with Gasteiger partial charge in [0.2, 0.25) is 5.91 Å². The number of carboxylic acid groups (broad SMARTS) is 1. The number of carbonyl (C=O) groups excluding carboxylic acids is 1. The summed E-state index contributed by atoms with van der Waals surface area (Å²) in [6.07, 6.45) is -4.86. The van der Waals surface area contributed by atoms with Gasteiger partial charge >= 0.3 is 12.1 Å². The first-order chi connectivity index (χ1) is 9.79. The molecule has 4 nitrogen and oxygen atoms in total. The molecule has 114 valence electrons. The van der Waals surface area contributed by atoms with Crippen molar-refractivity contribution in [2.75, 3.05) is 0 Å². The fraction of sp³-hybridized carbons (Fsp3) is 0.429. The molecule has 0 aliphatic heterocycles. The van der Waals surface area contributed by atoms with Crippen molar-refractivity contribution in [2.24, 2.45) is 11.8 Å². The van der Waals surface area contributed by atoms with Crippen LogP contribution in [0.15, 0.2) is 30.3 Å². The van der Waals surface area contributed by atoms with Crippen LogP contribution in [-0.4, -0.2) is 29.2 Å². The van der Waals surface area contributed by atoms with Crippen molar-refractivity contribution >= 4 is 11.9 Å². The van der Waals surface area contributed by atoms with E-state index >= 15 is 0 Å². The third kappa shape index (κ3) is 3.96. The van der Waals surface area contributed by atoms with Gasteiger partial charge in [-0.15, -0.1) is 0 Å². The molecule has 1 fully saturated rings. The van der Waals surface area contributed by atoms with Crippen molar-refractivity contribution < 1.29 is 27.9 Å². The molecule has 2 rings (SSSR count). The van der Waals surface area contributed by atoms with Crippen LogP contribution in [0.5, 0.6) is 0 Å². The SMILES string of the molecule is O=C(O)C1CC1C(=O)NC(Cc1ccccc1)C(F)(F)F. The zero-order valence-electron chi connectivity index (χ0n) is 10.9. The summed E-state index contributed by atoms with van der Waals surface area (Å²) in [6, 6.07) is 6.00. The highest BCUT2D eigenvalue weighted by Crippen LogP contribution is 2.39. The number of rotatable bonds is 5. The second-order valence-corrected chi connectivity index (χ2v) is 5.08. The maximum absolute atomic E-state index is 13.0. The highest BCUT2D eigenvalue weighted by Gasteiger charge is 2.50. The van der Waals surface area contributed by atoms with E-state index in [1.807, 2.05) is 5.32 Å². The molecule has 1 aromatic carbocycles. The number of amides is 1. The summed E-state index contributed by atoms with van der Waals surface area (Å²) in [6.45, 7) is 0. The number of halogens is 3. The molecule has 0 bridgehead atoms. The maximum atomic E-state index is 13.0. The van der Waals surface area contributed by atoms with Crippen molar-refractivity contribution in [1.29, 1.82) is 0 Å². The fourth-order valence-electron chi connectivity index (χ4n) is 2.13. The van der Waals surface area contributed by atoms with Crippen LogP contribution in [0, 0.1) is 11.8 Å². The standard InChI is InChI=1S/C14H14F3NO3/c15-14(16,17)11(6-8-4-2-1-3-5-8)18-12(19)9-7-10(9)13(20)21/h1-5,9-11H,6-7H2,(H,18,19)(H,20,21). The van der Waals surface area contributed by atoms with Gasteiger partial charge in [0.05, 0.1) is 11.8 Å². The Bertz CT molecular complexity index is 530. The number of aliphatic carboxylic acids is 1. The van der Waals surface area contributed by atoms with Crippen LogP contribution >= 0.6 is 0 Å². The molecule has 0 saturated heterocycles. The second kappa shape index (κ2) is 5.75. The molecule has 1 aliphatic carbocycles. The lowest BCUT2D eigenvalue weighted by Gasteiger charge is -2.21. The molecule has 3 unspecified atom stereocenters. The lowest BCUT2D eigenvalue weighted by Crippen LogP contribution is -2.47. The molecule has 0 aromatic heterocycles. The minimum atomic E-state index is -4.58. The third-order valence-corrected chi connectivity index (χ3v) is 3.44. The van der Waals surface area contributed by atoms with Crippen molar-refractivity contribution in [3.8, 4) is 0 Å². The summed E-state index contributed by atoms with van der Waals surface area (Å²) in [4.78, 5) is 22.3. The summed E-state index contributed by atoms with van der Waals surface area (Å²) >= 11 is 0. The Morgan fingerprint density at radius 1 is 1.24 bits per heavy atom. The van der Waals surface area contributed by atoms with E-state index in [2.05, 4.69) is 0 Å². The number of carbonyl (C=O) groups is 2. The highest BCUT2D eigenvalue weighted by atomic mass is 19.4. The summed E-state index contributed by atoms with van der Waals surface area (Å²) in [5, 5.41) is 10.6. The van der Waals surface area contributed by atoms with Crippen LogP contribution in [0.2, 0.25) is 0 Å². The molecule has 0 radical (unpaired) electrons. The number of hydrogen-bond acceptors (Lipinski definition) is 2. The number of nitrogens with one attached hydrogen (secondary N) is 1. The quantitative estimate of drug-likeness (QED) is 0.874. The van der Waals surface area contributed by atoms with Crippen LogP contribution in [0.1, 0.15) is 12.0 Å². The summed E-state index contributed by atoms with van der Waals surface area (Å²) in [7, 11) is 0. The van der Waals surface area contributed by atoms with Crippen LogP contribution in [0.3, 0.4) is 0 Å². The van der Waals surface area contributed by atoms with Crippen LogP contribution in [0.25, 0.3) is 0 Å². The van der Waals surface area contributed by atoms with Gasteiger partial charge in [-0.3, -0.25) is 9.59 Å².